The van der Waals surface area contributed by atoms with Crippen LogP contribution in [0.15, 0.2) is 163 Å². The van der Waals surface area contributed by atoms with E-state index in [0.29, 0.717) is 6.42 Å². The molecule has 5 heteroatoms. The maximum atomic E-state index is 5.15. The molecule has 0 spiro atoms. The van der Waals surface area contributed by atoms with Gasteiger partial charge in [-0.3, -0.25) is 0 Å². The highest BCUT2D eigenvalue weighted by atomic mass is 14.9. The Labute approximate surface area is 312 Å². The predicted molar refractivity (Wildman–Crippen MR) is 220 cm³/mol. The molecule has 0 aliphatic rings. The van der Waals surface area contributed by atoms with E-state index in [4.69, 9.17) is 4.99 Å². The summed E-state index contributed by atoms with van der Waals surface area (Å²) in [6, 6.07) is 48.4. The molecule has 0 saturated heterocycles. The average molecular weight is 688 g/mol. The van der Waals surface area contributed by atoms with Crippen molar-refractivity contribution in [2.75, 3.05) is 0 Å². The van der Waals surface area contributed by atoms with Crippen molar-refractivity contribution in [2.24, 2.45) is 4.99 Å². The summed E-state index contributed by atoms with van der Waals surface area (Å²) in [7, 11) is 0. The highest BCUT2D eigenvalue weighted by Gasteiger charge is 2.11. The molecule has 7 rings (SSSR count). The SMILES string of the molecule is C=CC(=N/C(=C\Cc1cc(-c2ccc(-c3nc(C)cc(C)n3)cc2)cc(-c2ccc(-c3nc(C)cc(C)n3)cc2)c1)c1ccccc1)c1ccccc1. The molecule has 0 atom stereocenters. The minimum Gasteiger partial charge on any atom is -0.248 e. The van der Waals surface area contributed by atoms with Gasteiger partial charge in [-0.15, -0.1) is 0 Å². The van der Waals surface area contributed by atoms with E-state index < -0.39 is 0 Å². The second-order valence-electron chi connectivity index (χ2n) is 13.2. The van der Waals surface area contributed by atoms with Crippen LogP contribution in [0.25, 0.3) is 50.7 Å². The number of benzene rings is 5. The molecule has 2 aromatic heterocycles. The van der Waals surface area contributed by atoms with Gasteiger partial charge in [-0.2, -0.15) is 0 Å². The van der Waals surface area contributed by atoms with Crippen LogP contribution in [0.2, 0.25) is 0 Å². The number of allylic oxidation sites excluding steroid dienone is 2. The van der Waals surface area contributed by atoms with E-state index in [1.807, 2.05) is 82.3 Å². The molecule has 0 N–H and O–H groups in total. The van der Waals surface area contributed by atoms with Crippen molar-refractivity contribution in [3.8, 4) is 45.0 Å². The summed E-state index contributed by atoms with van der Waals surface area (Å²) >= 11 is 0. The highest BCUT2D eigenvalue weighted by Crippen LogP contribution is 2.32. The van der Waals surface area contributed by atoms with Crippen molar-refractivity contribution in [1.82, 2.24) is 19.9 Å². The van der Waals surface area contributed by atoms with Gasteiger partial charge >= 0.3 is 0 Å². The summed E-state index contributed by atoms with van der Waals surface area (Å²) in [5.74, 6) is 1.48. The van der Waals surface area contributed by atoms with Gasteiger partial charge in [0.1, 0.15) is 0 Å². The molecule has 0 bridgehead atoms. The fourth-order valence-corrected chi connectivity index (χ4v) is 6.49. The molecule has 0 aliphatic heterocycles. The smallest absolute Gasteiger partial charge is 0.159 e. The normalized spacial score (nSPS) is 11.8. The van der Waals surface area contributed by atoms with E-state index in [-0.39, 0.29) is 0 Å². The molecule has 7 aromatic rings. The minimum absolute atomic E-state index is 0.677. The largest absolute Gasteiger partial charge is 0.248 e. The van der Waals surface area contributed by atoms with Gasteiger partial charge in [-0.05, 0) is 91.8 Å². The average Bonchev–Trinajstić information content (AvgIpc) is 3.18. The molecule has 0 radical (unpaired) electrons. The van der Waals surface area contributed by atoms with Gasteiger partial charge in [-0.1, -0.05) is 134 Å². The molecule has 5 nitrogen and oxygen atoms in total. The Hall–Kier alpha value is -6.59. The van der Waals surface area contributed by atoms with Gasteiger partial charge in [-0.25, -0.2) is 24.9 Å². The lowest BCUT2D eigenvalue weighted by Crippen LogP contribution is -1.97. The van der Waals surface area contributed by atoms with Crippen LogP contribution >= 0.6 is 0 Å². The molecule has 53 heavy (non-hydrogen) atoms. The number of aliphatic imine (C=N–C) groups is 1. The molecule has 5 aromatic carbocycles. The van der Waals surface area contributed by atoms with Gasteiger partial charge in [0.25, 0.3) is 0 Å². The lowest BCUT2D eigenvalue weighted by molar-refractivity contribution is 1.06. The summed E-state index contributed by atoms with van der Waals surface area (Å²) in [6.45, 7) is 12.1. The summed E-state index contributed by atoms with van der Waals surface area (Å²) in [6.07, 6.45) is 4.72. The molecule has 258 valence electrons. The van der Waals surface area contributed by atoms with Gasteiger partial charge in [0, 0.05) is 39.5 Å². The van der Waals surface area contributed by atoms with Crippen molar-refractivity contribution in [3.05, 3.63) is 198 Å². The van der Waals surface area contributed by atoms with Crippen LogP contribution in [0.1, 0.15) is 39.5 Å². The summed E-state index contributed by atoms with van der Waals surface area (Å²) in [4.78, 5) is 23.9. The molecular formula is C48H41N5. The molecular weight excluding hydrogens is 647 g/mol. The monoisotopic (exact) mass is 687 g/mol. The molecule has 0 amide bonds. The Morgan fingerprint density at radius 1 is 0.491 bits per heavy atom. The quantitative estimate of drug-likeness (QED) is 0.134. The highest BCUT2D eigenvalue weighted by molar-refractivity contribution is 6.10. The first-order valence-electron chi connectivity index (χ1n) is 17.8. The van der Waals surface area contributed by atoms with Crippen LogP contribution in [-0.4, -0.2) is 25.6 Å². The van der Waals surface area contributed by atoms with Gasteiger partial charge in [0.15, 0.2) is 11.6 Å². The second-order valence-corrected chi connectivity index (χ2v) is 13.2. The van der Waals surface area contributed by atoms with Gasteiger partial charge in [0.05, 0.1) is 11.4 Å². The minimum atomic E-state index is 0.677. The number of hydrogen-bond acceptors (Lipinski definition) is 5. The fourth-order valence-electron chi connectivity index (χ4n) is 6.49. The first kappa shape index (κ1) is 34.8. The van der Waals surface area contributed by atoms with Crippen LogP contribution in [-0.2, 0) is 6.42 Å². The summed E-state index contributed by atoms with van der Waals surface area (Å²) in [5, 5.41) is 0. The molecule has 0 saturated carbocycles. The van der Waals surface area contributed by atoms with E-state index in [1.54, 1.807) is 0 Å². The first-order valence-corrected chi connectivity index (χ1v) is 17.8. The Bertz CT molecular complexity index is 2290. The van der Waals surface area contributed by atoms with Gasteiger partial charge < -0.3 is 0 Å². The van der Waals surface area contributed by atoms with E-state index in [1.165, 1.54) is 5.56 Å². The second kappa shape index (κ2) is 15.7. The van der Waals surface area contributed by atoms with E-state index in [9.17, 15) is 0 Å². The third kappa shape index (κ3) is 8.49. The zero-order valence-electron chi connectivity index (χ0n) is 30.6. The maximum Gasteiger partial charge on any atom is 0.159 e. The summed E-state index contributed by atoms with van der Waals surface area (Å²) < 4.78 is 0. The number of hydrogen-bond donors (Lipinski definition) is 0. The predicted octanol–water partition coefficient (Wildman–Crippen LogP) is 11.4. The van der Waals surface area contributed by atoms with Crippen LogP contribution in [0.4, 0.5) is 0 Å². The topological polar surface area (TPSA) is 63.9 Å². The van der Waals surface area contributed by atoms with Crippen LogP contribution < -0.4 is 0 Å². The lowest BCUT2D eigenvalue weighted by Gasteiger charge is -2.12. The van der Waals surface area contributed by atoms with Crippen LogP contribution in [0.5, 0.6) is 0 Å². The van der Waals surface area contributed by atoms with Crippen molar-refractivity contribution in [2.45, 2.75) is 34.1 Å². The molecule has 0 aliphatic carbocycles. The first-order chi connectivity index (χ1) is 25.8. The van der Waals surface area contributed by atoms with E-state index >= 15 is 0 Å². The standard InChI is InChI=1S/C48H41N5/c1-6-45(39-13-9-7-10-14-39)53-46(40-15-11-8-12-16-40)26-17-36-29-43(37-18-22-41(23-19-37)47-49-32(2)27-33(3)50-47)31-44(30-36)38-20-24-42(25-21-38)48-51-34(4)28-35(5)52-48/h6-16,18-31H,1,17H2,2-5H3/b46-26-,53-45?. The van der Waals surface area contributed by atoms with Crippen molar-refractivity contribution < 1.29 is 0 Å². The number of aromatic nitrogens is 4. The number of rotatable bonds is 10. The third-order valence-electron chi connectivity index (χ3n) is 9.01. The Kier molecular flexibility index (Phi) is 10.4. The molecule has 0 unspecified atom stereocenters. The molecule has 0 fully saturated rings. The Balaban J connectivity index is 1.30. The number of nitrogens with zero attached hydrogens (tertiary/aromatic N) is 5. The zero-order valence-corrected chi connectivity index (χ0v) is 30.6. The third-order valence-corrected chi connectivity index (χ3v) is 9.01. The van der Waals surface area contributed by atoms with Gasteiger partial charge in [0.2, 0.25) is 0 Å². The zero-order chi connectivity index (χ0) is 36.7. The maximum absolute atomic E-state index is 5.15. The van der Waals surface area contributed by atoms with E-state index in [0.717, 1.165) is 90.3 Å². The van der Waals surface area contributed by atoms with Crippen molar-refractivity contribution >= 4 is 11.4 Å². The Morgan fingerprint density at radius 2 is 0.906 bits per heavy atom. The van der Waals surface area contributed by atoms with E-state index in [2.05, 4.69) is 124 Å². The Morgan fingerprint density at radius 3 is 1.34 bits per heavy atom. The van der Waals surface area contributed by atoms with Crippen LogP contribution in [0, 0.1) is 27.7 Å². The molecule has 2 heterocycles. The van der Waals surface area contributed by atoms with Crippen molar-refractivity contribution in [3.63, 3.8) is 0 Å². The number of aryl methyl sites for hydroxylation is 4. The fraction of sp³-hybridized carbons (Fsp3) is 0.104. The van der Waals surface area contributed by atoms with Crippen molar-refractivity contribution in [1.29, 1.82) is 0 Å². The lowest BCUT2D eigenvalue weighted by atomic mass is 9.94. The van der Waals surface area contributed by atoms with Crippen LogP contribution in [0.3, 0.4) is 0 Å². The summed E-state index contributed by atoms with van der Waals surface area (Å²) in [5.41, 5.74) is 15.3.